The quantitative estimate of drug-likeness (QED) is 0.630. The van der Waals surface area contributed by atoms with Crippen LogP contribution < -0.4 is 19.5 Å². The normalized spacial score (nSPS) is 10.5. The Kier molecular flexibility index (Phi) is 6.29. The average molecular weight is 416 g/mol. The molecule has 1 aromatic heterocycles. The number of rotatable bonds is 7. The second kappa shape index (κ2) is 8.87. The van der Waals surface area contributed by atoms with Crippen LogP contribution in [-0.4, -0.2) is 37.0 Å². The number of aromatic nitrogens is 2. The second-order valence-electron chi connectivity index (χ2n) is 6.32. The number of hydrogen-bond donors (Lipinski definition) is 1. The molecule has 0 spiro atoms. The molecule has 0 aliphatic carbocycles. The van der Waals surface area contributed by atoms with Crippen molar-refractivity contribution < 1.29 is 19.0 Å². The molecular weight excluding hydrogens is 394 g/mol. The van der Waals surface area contributed by atoms with Gasteiger partial charge in [-0.1, -0.05) is 17.7 Å². The predicted octanol–water partition coefficient (Wildman–Crippen LogP) is 4.04. The molecule has 2 aromatic carbocycles. The fourth-order valence-corrected chi connectivity index (χ4v) is 3.19. The van der Waals surface area contributed by atoms with Crippen LogP contribution in [0.3, 0.4) is 0 Å². The Morgan fingerprint density at radius 2 is 1.76 bits per heavy atom. The molecule has 0 radical (unpaired) electrons. The molecule has 0 fully saturated rings. The summed E-state index contributed by atoms with van der Waals surface area (Å²) in [7, 11) is 4.60. The zero-order valence-electron chi connectivity index (χ0n) is 16.7. The molecule has 0 bridgehead atoms. The highest BCUT2D eigenvalue weighted by Gasteiger charge is 2.16. The van der Waals surface area contributed by atoms with Gasteiger partial charge in [-0.15, -0.1) is 0 Å². The maximum atomic E-state index is 12.7. The number of amides is 1. The molecule has 7 nitrogen and oxygen atoms in total. The number of carbonyl (C=O) groups is 1. The van der Waals surface area contributed by atoms with Crippen LogP contribution in [0.4, 0.5) is 5.82 Å². The van der Waals surface area contributed by atoms with Gasteiger partial charge in [0.1, 0.15) is 5.82 Å². The van der Waals surface area contributed by atoms with E-state index in [2.05, 4.69) is 10.4 Å². The van der Waals surface area contributed by atoms with E-state index in [1.54, 1.807) is 35.0 Å². The Morgan fingerprint density at radius 1 is 1.07 bits per heavy atom. The number of aryl methyl sites for hydroxylation is 1. The highest BCUT2D eigenvalue weighted by molar-refractivity contribution is 6.30. The lowest BCUT2D eigenvalue weighted by Gasteiger charge is -2.14. The molecule has 8 heteroatoms. The summed E-state index contributed by atoms with van der Waals surface area (Å²) in [6, 6.07) is 12.6. The number of halogens is 1. The van der Waals surface area contributed by atoms with E-state index in [1.165, 1.54) is 21.3 Å². The van der Waals surface area contributed by atoms with Gasteiger partial charge in [-0.3, -0.25) is 4.79 Å². The molecular formula is C21H22ClN3O4. The van der Waals surface area contributed by atoms with Crippen molar-refractivity contribution in [1.29, 1.82) is 0 Å². The molecule has 0 saturated heterocycles. The molecule has 0 aliphatic heterocycles. The van der Waals surface area contributed by atoms with Crippen molar-refractivity contribution in [2.75, 3.05) is 26.6 Å². The number of methoxy groups -OCH3 is 3. The lowest BCUT2D eigenvalue weighted by atomic mass is 10.1. The molecule has 3 rings (SSSR count). The first-order chi connectivity index (χ1) is 13.9. The third-order valence-corrected chi connectivity index (χ3v) is 4.48. The summed E-state index contributed by atoms with van der Waals surface area (Å²) >= 11 is 6.09. The Bertz CT molecular complexity index is 1010. The van der Waals surface area contributed by atoms with Crippen molar-refractivity contribution >= 4 is 23.3 Å². The van der Waals surface area contributed by atoms with Crippen molar-refractivity contribution in [2.24, 2.45) is 0 Å². The van der Waals surface area contributed by atoms with Crippen LogP contribution in [0.25, 0.3) is 5.69 Å². The maximum absolute atomic E-state index is 12.7. The van der Waals surface area contributed by atoms with E-state index < -0.39 is 0 Å². The van der Waals surface area contributed by atoms with Crippen molar-refractivity contribution in [3.63, 3.8) is 0 Å². The van der Waals surface area contributed by atoms with Gasteiger partial charge in [-0.2, -0.15) is 5.10 Å². The first kappa shape index (κ1) is 20.5. The van der Waals surface area contributed by atoms with Crippen molar-refractivity contribution in [3.8, 4) is 22.9 Å². The predicted molar refractivity (Wildman–Crippen MR) is 112 cm³/mol. The summed E-state index contributed by atoms with van der Waals surface area (Å²) in [6.45, 7) is 1.86. The minimum absolute atomic E-state index is 0.122. The Balaban J connectivity index is 1.84. The Morgan fingerprint density at radius 3 is 2.34 bits per heavy atom. The van der Waals surface area contributed by atoms with Crippen LogP contribution in [0.1, 0.15) is 11.3 Å². The molecule has 1 amide bonds. The third-order valence-electron chi connectivity index (χ3n) is 4.24. The molecule has 0 unspecified atom stereocenters. The molecule has 29 heavy (non-hydrogen) atoms. The summed E-state index contributed by atoms with van der Waals surface area (Å²) in [4.78, 5) is 12.7. The van der Waals surface area contributed by atoms with Crippen molar-refractivity contribution in [3.05, 3.63) is 58.7 Å². The van der Waals surface area contributed by atoms with E-state index in [4.69, 9.17) is 25.8 Å². The summed E-state index contributed by atoms with van der Waals surface area (Å²) in [6.07, 6.45) is 0.122. The SMILES string of the molecule is COc1cc(CC(=O)Nc2cc(C)nn2-c2cccc(Cl)c2)cc(OC)c1OC. The number of ether oxygens (including phenoxy) is 3. The standard InChI is InChI=1S/C21H22ClN3O4/c1-13-8-19(25(24-13)16-7-5-6-15(22)12-16)23-20(26)11-14-9-17(27-2)21(29-4)18(10-14)28-3/h5-10,12H,11H2,1-4H3,(H,23,26). The lowest BCUT2D eigenvalue weighted by Crippen LogP contribution is -2.17. The zero-order valence-corrected chi connectivity index (χ0v) is 17.4. The van der Waals surface area contributed by atoms with E-state index in [-0.39, 0.29) is 12.3 Å². The number of nitrogens with one attached hydrogen (secondary N) is 1. The highest BCUT2D eigenvalue weighted by atomic mass is 35.5. The highest BCUT2D eigenvalue weighted by Crippen LogP contribution is 2.38. The van der Waals surface area contributed by atoms with Crippen LogP contribution in [0.2, 0.25) is 5.02 Å². The van der Waals surface area contributed by atoms with E-state index in [0.29, 0.717) is 28.1 Å². The van der Waals surface area contributed by atoms with Gasteiger partial charge in [0.25, 0.3) is 0 Å². The summed E-state index contributed by atoms with van der Waals surface area (Å²) in [5.74, 6) is 1.82. The molecule has 0 aliphatic rings. The van der Waals surface area contributed by atoms with Crippen LogP contribution in [0.5, 0.6) is 17.2 Å². The minimum Gasteiger partial charge on any atom is -0.493 e. The number of hydrogen-bond acceptors (Lipinski definition) is 5. The van der Waals surface area contributed by atoms with Gasteiger partial charge in [0.05, 0.1) is 39.1 Å². The van der Waals surface area contributed by atoms with Gasteiger partial charge in [0, 0.05) is 11.1 Å². The van der Waals surface area contributed by atoms with Gasteiger partial charge in [-0.25, -0.2) is 4.68 Å². The summed E-state index contributed by atoms with van der Waals surface area (Å²) in [5, 5.41) is 7.94. The maximum Gasteiger partial charge on any atom is 0.229 e. The van der Waals surface area contributed by atoms with Crippen LogP contribution >= 0.6 is 11.6 Å². The Labute approximate surface area is 174 Å². The van der Waals surface area contributed by atoms with Crippen LogP contribution in [0, 0.1) is 6.92 Å². The van der Waals surface area contributed by atoms with E-state index in [0.717, 1.165) is 16.9 Å². The monoisotopic (exact) mass is 415 g/mol. The summed E-state index contributed by atoms with van der Waals surface area (Å²) in [5.41, 5.74) is 2.25. The molecule has 1 N–H and O–H groups in total. The Hall–Kier alpha value is -3.19. The van der Waals surface area contributed by atoms with Crippen LogP contribution in [0.15, 0.2) is 42.5 Å². The zero-order chi connectivity index (χ0) is 21.0. The molecule has 1 heterocycles. The average Bonchev–Trinajstić information content (AvgIpc) is 3.06. The van der Waals surface area contributed by atoms with Crippen LogP contribution in [-0.2, 0) is 11.2 Å². The molecule has 3 aromatic rings. The van der Waals surface area contributed by atoms with E-state index in [1.807, 2.05) is 19.1 Å². The number of benzene rings is 2. The van der Waals surface area contributed by atoms with E-state index >= 15 is 0 Å². The first-order valence-electron chi connectivity index (χ1n) is 8.86. The largest absolute Gasteiger partial charge is 0.493 e. The smallest absolute Gasteiger partial charge is 0.229 e. The van der Waals surface area contributed by atoms with Gasteiger partial charge in [-0.05, 0) is 42.8 Å². The topological polar surface area (TPSA) is 74.6 Å². The second-order valence-corrected chi connectivity index (χ2v) is 6.76. The van der Waals surface area contributed by atoms with Gasteiger partial charge in [0.15, 0.2) is 11.5 Å². The first-order valence-corrected chi connectivity index (χ1v) is 9.24. The number of carbonyl (C=O) groups excluding carboxylic acids is 1. The van der Waals surface area contributed by atoms with Crippen molar-refractivity contribution in [2.45, 2.75) is 13.3 Å². The van der Waals surface area contributed by atoms with Gasteiger partial charge in [0.2, 0.25) is 11.7 Å². The number of anilines is 1. The lowest BCUT2D eigenvalue weighted by molar-refractivity contribution is -0.115. The van der Waals surface area contributed by atoms with Gasteiger partial charge >= 0.3 is 0 Å². The fraction of sp³-hybridized carbons (Fsp3) is 0.238. The molecule has 0 atom stereocenters. The fourth-order valence-electron chi connectivity index (χ4n) is 3.00. The minimum atomic E-state index is -0.206. The molecule has 152 valence electrons. The van der Waals surface area contributed by atoms with E-state index in [9.17, 15) is 4.79 Å². The van der Waals surface area contributed by atoms with Gasteiger partial charge < -0.3 is 19.5 Å². The summed E-state index contributed by atoms with van der Waals surface area (Å²) < 4.78 is 17.7. The third kappa shape index (κ3) is 4.63. The molecule has 0 saturated carbocycles. The van der Waals surface area contributed by atoms with Crippen molar-refractivity contribution in [1.82, 2.24) is 9.78 Å². The number of nitrogens with zero attached hydrogens (tertiary/aromatic N) is 2.